The van der Waals surface area contributed by atoms with Crippen LogP contribution >= 0.6 is 11.8 Å². The van der Waals surface area contributed by atoms with Crippen LogP contribution in [-0.4, -0.2) is 35.2 Å². The number of hydrogen-bond donors (Lipinski definition) is 2. The number of nitrogens with one attached hydrogen (secondary N) is 1. The first-order valence-corrected chi connectivity index (χ1v) is 6.77. The summed E-state index contributed by atoms with van der Waals surface area (Å²) in [5, 5.41) is 11.8. The zero-order valence-electron chi connectivity index (χ0n) is 9.95. The molecule has 0 aliphatic heterocycles. The molecule has 0 fully saturated rings. The average Bonchev–Trinajstić information content (AvgIpc) is 2.15. The van der Waals surface area contributed by atoms with Gasteiger partial charge in [-0.3, -0.25) is 4.79 Å². The van der Waals surface area contributed by atoms with Crippen molar-refractivity contribution in [2.75, 3.05) is 18.1 Å². The van der Waals surface area contributed by atoms with Crippen LogP contribution in [0, 0.1) is 5.92 Å². The molecular formula is C11H23NO2S. The van der Waals surface area contributed by atoms with E-state index in [2.05, 4.69) is 19.2 Å². The van der Waals surface area contributed by atoms with Gasteiger partial charge in [-0.15, -0.1) is 0 Å². The fourth-order valence-electron chi connectivity index (χ4n) is 1.18. The molecule has 1 unspecified atom stereocenters. The molecule has 0 aromatic carbocycles. The Hall–Kier alpha value is -0.220. The Morgan fingerprint density at radius 3 is 2.40 bits per heavy atom. The molecule has 90 valence electrons. The standard InChI is InChI=1S/C11H23NO2S/c1-4-12-10(11(13)14)6-8-15-7-5-9(2)3/h9-10,12H,4-8H2,1-3H3,(H,13,14). The molecule has 0 saturated carbocycles. The van der Waals surface area contributed by atoms with Crippen LogP contribution in [0.4, 0.5) is 0 Å². The van der Waals surface area contributed by atoms with Gasteiger partial charge in [0.25, 0.3) is 0 Å². The Kier molecular flexibility index (Phi) is 8.91. The van der Waals surface area contributed by atoms with E-state index in [0.717, 1.165) is 17.4 Å². The van der Waals surface area contributed by atoms with Gasteiger partial charge in [-0.25, -0.2) is 0 Å². The van der Waals surface area contributed by atoms with Crippen LogP contribution in [0.3, 0.4) is 0 Å². The minimum atomic E-state index is -0.735. The second kappa shape index (κ2) is 9.04. The van der Waals surface area contributed by atoms with E-state index in [1.165, 1.54) is 6.42 Å². The molecule has 0 heterocycles. The fraction of sp³-hybridized carbons (Fsp3) is 0.909. The highest BCUT2D eigenvalue weighted by atomic mass is 32.2. The maximum absolute atomic E-state index is 10.8. The predicted octanol–water partition coefficient (Wildman–Crippen LogP) is 2.22. The minimum Gasteiger partial charge on any atom is -0.480 e. The summed E-state index contributed by atoms with van der Waals surface area (Å²) in [6.45, 7) is 7.06. The first-order chi connectivity index (χ1) is 7.07. The van der Waals surface area contributed by atoms with E-state index in [1.54, 1.807) is 0 Å². The SMILES string of the molecule is CCNC(CCSCCC(C)C)C(=O)O. The molecule has 15 heavy (non-hydrogen) atoms. The molecule has 4 heteroatoms. The summed E-state index contributed by atoms with van der Waals surface area (Å²) < 4.78 is 0. The molecule has 0 amide bonds. The van der Waals surface area contributed by atoms with E-state index in [4.69, 9.17) is 5.11 Å². The van der Waals surface area contributed by atoms with Crippen molar-refractivity contribution in [3.63, 3.8) is 0 Å². The molecule has 0 spiro atoms. The lowest BCUT2D eigenvalue weighted by Crippen LogP contribution is -2.36. The Bertz CT molecular complexity index is 174. The highest BCUT2D eigenvalue weighted by Gasteiger charge is 2.14. The highest BCUT2D eigenvalue weighted by molar-refractivity contribution is 7.99. The second-order valence-corrected chi connectivity index (χ2v) is 5.26. The van der Waals surface area contributed by atoms with E-state index >= 15 is 0 Å². The average molecular weight is 233 g/mol. The molecule has 3 nitrogen and oxygen atoms in total. The molecule has 0 rings (SSSR count). The summed E-state index contributed by atoms with van der Waals surface area (Å²) in [4.78, 5) is 10.8. The van der Waals surface area contributed by atoms with Gasteiger partial charge in [0.1, 0.15) is 6.04 Å². The van der Waals surface area contributed by atoms with Gasteiger partial charge in [-0.2, -0.15) is 11.8 Å². The lowest BCUT2D eigenvalue weighted by Gasteiger charge is -2.12. The van der Waals surface area contributed by atoms with Gasteiger partial charge in [-0.1, -0.05) is 20.8 Å². The number of carboxylic acid groups (broad SMARTS) is 1. The van der Waals surface area contributed by atoms with E-state index in [9.17, 15) is 4.79 Å². The second-order valence-electron chi connectivity index (χ2n) is 4.03. The van der Waals surface area contributed by atoms with E-state index in [-0.39, 0.29) is 6.04 Å². The van der Waals surface area contributed by atoms with Crippen LogP contribution < -0.4 is 5.32 Å². The van der Waals surface area contributed by atoms with Crippen molar-refractivity contribution < 1.29 is 9.90 Å². The summed E-state index contributed by atoms with van der Waals surface area (Å²) >= 11 is 1.85. The number of carbonyl (C=O) groups is 1. The largest absolute Gasteiger partial charge is 0.480 e. The van der Waals surface area contributed by atoms with Crippen LogP contribution in [-0.2, 0) is 4.79 Å². The Balaban J connectivity index is 3.49. The third-order valence-corrected chi connectivity index (χ3v) is 3.19. The Morgan fingerprint density at radius 2 is 1.93 bits per heavy atom. The summed E-state index contributed by atoms with van der Waals surface area (Å²) in [7, 11) is 0. The third kappa shape index (κ3) is 8.75. The molecule has 0 aliphatic rings. The number of rotatable bonds is 9. The topological polar surface area (TPSA) is 49.3 Å². The molecule has 2 N–H and O–H groups in total. The van der Waals surface area contributed by atoms with Crippen LogP contribution in [0.25, 0.3) is 0 Å². The Labute approximate surface area is 97.0 Å². The van der Waals surface area contributed by atoms with Gasteiger partial charge in [-0.05, 0) is 36.8 Å². The number of thioether (sulfide) groups is 1. The van der Waals surface area contributed by atoms with E-state index in [1.807, 2.05) is 18.7 Å². The monoisotopic (exact) mass is 233 g/mol. The lowest BCUT2D eigenvalue weighted by atomic mass is 10.2. The molecule has 0 aromatic rings. The van der Waals surface area contributed by atoms with Crippen LogP contribution in [0.1, 0.15) is 33.6 Å². The van der Waals surface area contributed by atoms with E-state index in [0.29, 0.717) is 13.0 Å². The molecule has 0 bridgehead atoms. The number of hydrogen-bond acceptors (Lipinski definition) is 3. The van der Waals surface area contributed by atoms with Crippen LogP contribution in [0.5, 0.6) is 0 Å². The van der Waals surface area contributed by atoms with Gasteiger partial charge in [0, 0.05) is 0 Å². The fourth-order valence-corrected chi connectivity index (χ4v) is 2.43. The number of likely N-dealkylation sites (N-methyl/N-ethyl adjacent to an activating group) is 1. The molecule has 0 saturated heterocycles. The highest BCUT2D eigenvalue weighted by Crippen LogP contribution is 2.10. The van der Waals surface area contributed by atoms with Crippen LogP contribution in [0.15, 0.2) is 0 Å². The third-order valence-electron chi connectivity index (χ3n) is 2.14. The molecule has 1 atom stereocenters. The zero-order chi connectivity index (χ0) is 11.7. The summed E-state index contributed by atoms with van der Waals surface area (Å²) in [5.41, 5.74) is 0. The molecule has 0 radical (unpaired) electrons. The molecular weight excluding hydrogens is 210 g/mol. The van der Waals surface area contributed by atoms with Gasteiger partial charge in [0.05, 0.1) is 0 Å². The maximum atomic E-state index is 10.8. The lowest BCUT2D eigenvalue weighted by molar-refractivity contribution is -0.139. The predicted molar refractivity (Wildman–Crippen MR) is 66.5 cm³/mol. The normalized spacial score (nSPS) is 13.1. The van der Waals surface area contributed by atoms with Gasteiger partial charge >= 0.3 is 5.97 Å². The van der Waals surface area contributed by atoms with Crippen molar-refractivity contribution in [1.82, 2.24) is 5.32 Å². The smallest absolute Gasteiger partial charge is 0.320 e. The van der Waals surface area contributed by atoms with Crippen molar-refractivity contribution >= 4 is 17.7 Å². The van der Waals surface area contributed by atoms with Crippen molar-refractivity contribution in [2.45, 2.75) is 39.7 Å². The van der Waals surface area contributed by atoms with Gasteiger partial charge in [0.15, 0.2) is 0 Å². The summed E-state index contributed by atoms with van der Waals surface area (Å²) in [5.74, 6) is 2.06. The first-order valence-electron chi connectivity index (χ1n) is 5.61. The van der Waals surface area contributed by atoms with E-state index < -0.39 is 5.97 Å². The van der Waals surface area contributed by atoms with Crippen molar-refractivity contribution in [2.24, 2.45) is 5.92 Å². The first kappa shape index (κ1) is 14.8. The Morgan fingerprint density at radius 1 is 1.33 bits per heavy atom. The van der Waals surface area contributed by atoms with Crippen molar-refractivity contribution in [3.8, 4) is 0 Å². The summed E-state index contributed by atoms with van der Waals surface area (Å²) in [6.07, 6.45) is 1.93. The van der Waals surface area contributed by atoms with Crippen molar-refractivity contribution in [1.29, 1.82) is 0 Å². The molecule has 0 aliphatic carbocycles. The quantitative estimate of drug-likeness (QED) is 0.600. The number of carboxylic acids is 1. The zero-order valence-corrected chi connectivity index (χ0v) is 10.8. The number of aliphatic carboxylic acids is 1. The minimum absolute atomic E-state index is 0.374. The van der Waals surface area contributed by atoms with Gasteiger partial charge < -0.3 is 10.4 Å². The molecule has 0 aromatic heterocycles. The maximum Gasteiger partial charge on any atom is 0.320 e. The van der Waals surface area contributed by atoms with Crippen molar-refractivity contribution in [3.05, 3.63) is 0 Å². The van der Waals surface area contributed by atoms with Gasteiger partial charge in [0.2, 0.25) is 0 Å². The summed E-state index contributed by atoms with van der Waals surface area (Å²) in [6, 6.07) is -0.374. The van der Waals surface area contributed by atoms with Crippen LogP contribution in [0.2, 0.25) is 0 Å².